The summed E-state index contributed by atoms with van der Waals surface area (Å²) in [6.07, 6.45) is 0.607. The molecule has 0 aliphatic carbocycles. The summed E-state index contributed by atoms with van der Waals surface area (Å²) in [5, 5.41) is 0. The third kappa shape index (κ3) is 3.63. The van der Waals surface area contributed by atoms with Crippen LogP contribution >= 0.6 is 31.9 Å². The summed E-state index contributed by atoms with van der Waals surface area (Å²) in [6.45, 7) is 0. The topological polar surface area (TPSA) is 38.0 Å². The summed E-state index contributed by atoms with van der Waals surface area (Å²) < 4.78 is 15.6. The molecule has 0 amide bonds. The molecule has 100 valence electrons. The smallest absolute Gasteiger partial charge is 0.129 e. The zero-order valence-electron chi connectivity index (χ0n) is 10.0. The fraction of sp³-hybridized carbons (Fsp3) is 0.143. The predicted octanol–water partition coefficient (Wildman–Crippen LogP) is 4.10. The molecule has 0 saturated heterocycles. The molecule has 0 fully saturated rings. The predicted molar refractivity (Wildman–Crippen MR) is 82.0 cm³/mol. The first kappa shape index (κ1) is 14.7. The van der Waals surface area contributed by atoms with Crippen LogP contribution in [0.3, 0.4) is 0 Å². The van der Waals surface area contributed by atoms with Crippen LogP contribution in [-0.4, -0.2) is 0 Å². The lowest BCUT2D eigenvalue weighted by molar-refractivity contribution is 0.508. The lowest BCUT2D eigenvalue weighted by atomic mass is 9.99. The molecular weight excluding hydrogens is 375 g/mol. The summed E-state index contributed by atoms with van der Waals surface area (Å²) in [4.78, 5) is 0. The van der Waals surface area contributed by atoms with Gasteiger partial charge in [0.05, 0.1) is 6.04 Å². The highest BCUT2D eigenvalue weighted by Gasteiger charge is 2.18. The van der Waals surface area contributed by atoms with Crippen molar-refractivity contribution in [3.05, 3.63) is 68.4 Å². The van der Waals surface area contributed by atoms with Crippen LogP contribution in [0.25, 0.3) is 0 Å². The summed E-state index contributed by atoms with van der Waals surface area (Å²) in [6, 6.07) is 12.5. The molecule has 2 rings (SSSR count). The minimum atomic E-state index is -0.287. The third-order valence-corrected chi connectivity index (χ3v) is 4.06. The van der Waals surface area contributed by atoms with Gasteiger partial charge in [0.2, 0.25) is 0 Å². The van der Waals surface area contributed by atoms with E-state index in [9.17, 15) is 4.39 Å². The Kier molecular flexibility index (Phi) is 5.10. The van der Waals surface area contributed by atoms with Gasteiger partial charge < -0.3 is 0 Å². The van der Waals surface area contributed by atoms with Crippen molar-refractivity contribution in [2.75, 3.05) is 0 Å². The van der Waals surface area contributed by atoms with Gasteiger partial charge in [0.1, 0.15) is 5.82 Å². The average Bonchev–Trinajstić information content (AvgIpc) is 2.37. The molecule has 0 aliphatic heterocycles. The van der Waals surface area contributed by atoms with Gasteiger partial charge in [-0.15, -0.1) is 0 Å². The Hall–Kier alpha value is -0.750. The number of nitrogens with two attached hydrogens (primary N) is 1. The Morgan fingerprint density at radius 3 is 2.53 bits per heavy atom. The molecule has 1 unspecified atom stereocenters. The first-order chi connectivity index (χ1) is 9.11. The van der Waals surface area contributed by atoms with Gasteiger partial charge in [0.25, 0.3) is 0 Å². The molecule has 5 heteroatoms. The lowest BCUT2D eigenvalue weighted by Crippen LogP contribution is -2.30. The molecule has 2 aromatic carbocycles. The Labute approximate surface area is 128 Å². The van der Waals surface area contributed by atoms with E-state index in [0.29, 0.717) is 16.5 Å². The van der Waals surface area contributed by atoms with Gasteiger partial charge in [-0.2, -0.15) is 0 Å². The van der Waals surface area contributed by atoms with Crippen LogP contribution in [0.2, 0.25) is 0 Å². The summed E-state index contributed by atoms with van der Waals surface area (Å²) >= 11 is 6.80. The molecule has 2 nitrogen and oxygen atoms in total. The molecule has 0 radical (unpaired) electrons. The van der Waals surface area contributed by atoms with E-state index in [2.05, 4.69) is 37.3 Å². The van der Waals surface area contributed by atoms with Gasteiger partial charge in [-0.05, 0) is 36.2 Å². The number of halogens is 3. The fourth-order valence-corrected chi connectivity index (χ4v) is 3.05. The van der Waals surface area contributed by atoms with E-state index < -0.39 is 0 Å². The van der Waals surface area contributed by atoms with Gasteiger partial charge in [-0.3, -0.25) is 11.3 Å². The van der Waals surface area contributed by atoms with Crippen LogP contribution in [0, 0.1) is 5.82 Å². The SMILES string of the molecule is NNC(Cc1cccc(Br)c1)c1c(F)cccc1Br. The quantitative estimate of drug-likeness (QED) is 0.612. The monoisotopic (exact) mass is 386 g/mol. The Morgan fingerprint density at radius 2 is 1.89 bits per heavy atom. The zero-order chi connectivity index (χ0) is 13.8. The second-order valence-corrected chi connectivity index (χ2v) is 5.96. The average molecular weight is 388 g/mol. The van der Waals surface area contributed by atoms with Crippen molar-refractivity contribution >= 4 is 31.9 Å². The third-order valence-electron chi connectivity index (χ3n) is 2.88. The molecule has 2 aromatic rings. The van der Waals surface area contributed by atoms with Crippen molar-refractivity contribution in [3.63, 3.8) is 0 Å². The van der Waals surface area contributed by atoms with Crippen LogP contribution in [0.15, 0.2) is 51.4 Å². The van der Waals surface area contributed by atoms with Crippen LogP contribution in [0.1, 0.15) is 17.2 Å². The number of hydrogen-bond donors (Lipinski definition) is 2. The van der Waals surface area contributed by atoms with Gasteiger partial charge in [-0.25, -0.2) is 4.39 Å². The van der Waals surface area contributed by atoms with E-state index in [1.165, 1.54) is 6.07 Å². The Morgan fingerprint density at radius 1 is 1.16 bits per heavy atom. The minimum absolute atomic E-state index is 0.271. The zero-order valence-corrected chi connectivity index (χ0v) is 13.2. The minimum Gasteiger partial charge on any atom is -0.271 e. The van der Waals surface area contributed by atoms with E-state index >= 15 is 0 Å². The number of benzene rings is 2. The van der Waals surface area contributed by atoms with Crippen molar-refractivity contribution in [2.45, 2.75) is 12.5 Å². The van der Waals surface area contributed by atoms with Crippen LogP contribution < -0.4 is 11.3 Å². The number of hydrazine groups is 1. The molecule has 0 spiro atoms. The number of nitrogens with one attached hydrogen (secondary N) is 1. The van der Waals surface area contributed by atoms with Crippen LogP contribution in [0.4, 0.5) is 4.39 Å². The van der Waals surface area contributed by atoms with Gasteiger partial charge in [0.15, 0.2) is 0 Å². The van der Waals surface area contributed by atoms with Crippen molar-refractivity contribution in [1.29, 1.82) is 0 Å². The maximum absolute atomic E-state index is 13.9. The van der Waals surface area contributed by atoms with Crippen molar-refractivity contribution < 1.29 is 4.39 Å². The maximum Gasteiger partial charge on any atom is 0.129 e. The van der Waals surface area contributed by atoms with E-state index in [-0.39, 0.29) is 11.9 Å². The van der Waals surface area contributed by atoms with Gasteiger partial charge in [0, 0.05) is 14.5 Å². The largest absolute Gasteiger partial charge is 0.271 e. The molecule has 0 heterocycles. The first-order valence-electron chi connectivity index (χ1n) is 5.76. The fourth-order valence-electron chi connectivity index (χ4n) is 1.99. The Bertz CT molecular complexity index is 555. The lowest BCUT2D eigenvalue weighted by Gasteiger charge is -2.18. The molecular formula is C14H13Br2FN2. The van der Waals surface area contributed by atoms with Crippen LogP contribution in [0.5, 0.6) is 0 Å². The van der Waals surface area contributed by atoms with Crippen molar-refractivity contribution in [1.82, 2.24) is 5.43 Å². The van der Waals surface area contributed by atoms with E-state index in [0.717, 1.165) is 10.0 Å². The van der Waals surface area contributed by atoms with E-state index in [1.54, 1.807) is 6.07 Å². The van der Waals surface area contributed by atoms with Gasteiger partial charge >= 0.3 is 0 Å². The summed E-state index contributed by atoms with van der Waals surface area (Å²) in [7, 11) is 0. The first-order valence-corrected chi connectivity index (χ1v) is 7.35. The molecule has 1 atom stereocenters. The van der Waals surface area contributed by atoms with E-state index in [1.807, 2.05) is 30.3 Å². The standard InChI is InChI=1S/C14H13Br2FN2/c15-10-4-1-3-9(7-10)8-13(19-18)14-11(16)5-2-6-12(14)17/h1-7,13,19H,8,18H2. The highest BCUT2D eigenvalue weighted by atomic mass is 79.9. The molecule has 0 aliphatic rings. The van der Waals surface area contributed by atoms with Gasteiger partial charge in [-0.1, -0.05) is 50.1 Å². The van der Waals surface area contributed by atoms with Crippen LogP contribution in [-0.2, 0) is 6.42 Å². The number of rotatable bonds is 4. The molecule has 0 saturated carbocycles. The molecule has 0 aromatic heterocycles. The second kappa shape index (κ2) is 6.61. The molecule has 3 N–H and O–H groups in total. The van der Waals surface area contributed by atoms with Crippen molar-refractivity contribution in [3.8, 4) is 0 Å². The highest BCUT2D eigenvalue weighted by molar-refractivity contribution is 9.10. The Balaban J connectivity index is 2.30. The normalized spacial score (nSPS) is 12.4. The maximum atomic E-state index is 13.9. The highest BCUT2D eigenvalue weighted by Crippen LogP contribution is 2.28. The number of hydrogen-bond acceptors (Lipinski definition) is 2. The summed E-state index contributed by atoms with van der Waals surface area (Å²) in [5.41, 5.74) is 4.31. The van der Waals surface area contributed by atoms with Crippen molar-refractivity contribution in [2.24, 2.45) is 5.84 Å². The van der Waals surface area contributed by atoms with E-state index in [4.69, 9.17) is 5.84 Å². The molecule has 0 bridgehead atoms. The second-order valence-electron chi connectivity index (χ2n) is 4.19. The molecule has 19 heavy (non-hydrogen) atoms. The summed E-state index contributed by atoms with van der Waals surface area (Å²) in [5.74, 6) is 5.31.